The maximum Gasteiger partial charge on any atom is 0.211 e. The average molecular weight is 613 g/mol. The smallest absolute Gasteiger partial charge is 0.211 e. The maximum absolute atomic E-state index is 15.2. The standard InChI is InChI=1S/C25H28Cl2FN7O4S/c1-25(34(2)40(4,36)37)11-35(12-25)24-17(28)5-13(8-33-24)22(30)14-6-20(19(38-3)7-18(14)29)39-23(31)21-15(26)9-32-10-16(21)27/h5-10,23,30H,11-12,29,31H2,1-4H3/t23-/m0/s1. The van der Waals surface area contributed by atoms with Gasteiger partial charge < -0.3 is 20.1 Å². The molecule has 0 aliphatic carbocycles. The summed E-state index contributed by atoms with van der Waals surface area (Å²) >= 11 is 12.4. The Morgan fingerprint density at radius 2 is 1.82 bits per heavy atom. The predicted molar refractivity (Wildman–Crippen MR) is 153 cm³/mol. The van der Waals surface area contributed by atoms with Crippen LogP contribution >= 0.6 is 23.2 Å². The van der Waals surface area contributed by atoms with Crippen LogP contribution in [0, 0.1) is 11.2 Å². The minimum absolute atomic E-state index is 0.0553. The second-order valence-corrected chi connectivity index (χ2v) is 12.5. The fourth-order valence-electron chi connectivity index (χ4n) is 4.41. The summed E-state index contributed by atoms with van der Waals surface area (Å²) in [4.78, 5) is 9.75. The van der Waals surface area contributed by atoms with Crippen LogP contribution in [0.1, 0.15) is 29.8 Å². The third kappa shape index (κ3) is 5.65. The molecule has 0 radical (unpaired) electrons. The van der Waals surface area contributed by atoms with Crippen LogP contribution in [0.5, 0.6) is 11.5 Å². The van der Waals surface area contributed by atoms with Crippen LogP contribution in [0.2, 0.25) is 10.0 Å². The molecule has 0 spiro atoms. The van der Waals surface area contributed by atoms with Crippen LogP contribution in [-0.2, 0) is 10.0 Å². The van der Waals surface area contributed by atoms with Gasteiger partial charge in [-0.25, -0.2) is 17.8 Å². The number of rotatable bonds is 9. The molecule has 1 atom stereocenters. The third-order valence-electron chi connectivity index (χ3n) is 6.76. The largest absolute Gasteiger partial charge is 0.493 e. The lowest BCUT2D eigenvalue weighted by molar-refractivity contribution is 0.188. The van der Waals surface area contributed by atoms with Crippen molar-refractivity contribution in [3.63, 3.8) is 0 Å². The van der Waals surface area contributed by atoms with Gasteiger partial charge in [0, 0.05) is 67.2 Å². The van der Waals surface area contributed by atoms with Crippen LogP contribution in [-0.4, -0.2) is 67.4 Å². The monoisotopic (exact) mass is 611 g/mol. The van der Waals surface area contributed by atoms with Gasteiger partial charge in [-0.05, 0) is 19.1 Å². The molecule has 11 nitrogen and oxygen atoms in total. The number of aromatic nitrogens is 2. The molecule has 4 rings (SSSR count). The average Bonchev–Trinajstić information content (AvgIpc) is 2.86. The maximum atomic E-state index is 15.2. The zero-order valence-electron chi connectivity index (χ0n) is 22.1. The van der Waals surface area contributed by atoms with E-state index in [4.69, 9.17) is 49.6 Å². The van der Waals surface area contributed by atoms with E-state index in [0.717, 1.165) is 6.26 Å². The number of halogens is 3. The lowest BCUT2D eigenvalue weighted by atomic mass is 9.92. The number of sulfonamides is 1. The highest BCUT2D eigenvalue weighted by Gasteiger charge is 2.46. The Bertz CT molecular complexity index is 1570. The number of anilines is 2. The van der Waals surface area contributed by atoms with Crippen LogP contribution in [0.3, 0.4) is 0 Å². The fourth-order valence-corrected chi connectivity index (χ4v) is 5.91. The van der Waals surface area contributed by atoms with Gasteiger partial charge in [0.2, 0.25) is 10.0 Å². The molecule has 1 aliphatic heterocycles. The van der Waals surface area contributed by atoms with Crippen molar-refractivity contribution in [3.8, 4) is 11.5 Å². The molecule has 5 N–H and O–H groups in total. The molecular formula is C25H28Cl2FN7O4S. The second kappa shape index (κ2) is 11.0. The lowest BCUT2D eigenvalue weighted by Crippen LogP contribution is -2.69. The van der Waals surface area contributed by atoms with Gasteiger partial charge >= 0.3 is 0 Å². The van der Waals surface area contributed by atoms with Gasteiger partial charge in [-0.3, -0.25) is 16.1 Å². The summed E-state index contributed by atoms with van der Waals surface area (Å²) in [6, 6.07) is 4.08. The Labute approximate surface area is 241 Å². The molecule has 3 heterocycles. The van der Waals surface area contributed by atoms with Gasteiger partial charge in [-0.15, -0.1) is 0 Å². The van der Waals surface area contributed by atoms with Crippen molar-refractivity contribution >= 4 is 50.4 Å². The number of nitrogens with one attached hydrogen (secondary N) is 1. The van der Waals surface area contributed by atoms with Crippen molar-refractivity contribution in [3.05, 3.63) is 69.3 Å². The molecule has 0 saturated carbocycles. The summed E-state index contributed by atoms with van der Waals surface area (Å²) in [5.41, 5.74) is 12.5. The van der Waals surface area contributed by atoms with E-state index < -0.39 is 27.6 Å². The Morgan fingerprint density at radius 1 is 1.20 bits per heavy atom. The number of hydrogen-bond acceptors (Lipinski definition) is 10. The highest BCUT2D eigenvalue weighted by molar-refractivity contribution is 7.88. The quantitative estimate of drug-likeness (QED) is 0.187. The zero-order chi connectivity index (χ0) is 29.6. The summed E-state index contributed by atoms with van der Waals surface area (Å²) in [7, 11) is -0.512. The summed E-state index contributed by atoms with van der Waals surface area (Å²) < 4.78 is 51.6. The molecule has 15 heteroatoms. The van der Waals surface area contributed by atoms with Crippen LogP contribution < -0.4 is 25.8 Å². The number of nitrogens with two attached hydrogens (primary N) is 2. The van der Waals surface area contributed by atoms with Crippen molar-refractivity contribution in [2.45, 2.75) is 18.7 Å². The highest BCUT2D eigenvalue weighted by atomic mass is 35.5. The predicted octanol–water partition coefficient (Wildman–Crippen LogP) is 3.44. The summed E-state index contributed by atoms with van der Waals surface area (Å²) in [6.07, 6.45) is 4.12. The van der Waals surface area contributed by atoms with Gasteiger partial charge in [-0.1, -0.05) is 23.2 Å². The number of nitrogens with zero attached hydrogens (tertiary/aromatic N) is 4. The first-order valence-electron chi connectivity index (χ1n) is 11.8. The normalized spacial score (nSPS) is 15.5. The molecule has 214 valence electrons. The molecule has 0 unspecified atom stereocenters. The van der Waals surface area contributed by atoms with Crippen LogP contribution in [0.15, 0.2) is 36.8 Å². The molecule has 1 saturated heterocycles. The van der Waals surface area contributed by atoms with E-state index in [9.17, 15) is 8.42 Å². The second-order valence-electron chi connectivity index (χ2n) is 9.63. The number of hydrogen-bond donors (Lipinski definition) is 3. The van der Waals surface area contributed by atoms with E-state index in [-0.39, 0.29) is 63.0 Å². The van der Waals surface area contributed by atoms with E-state index in [1.165, 1.54) is 55.3 Å². The number of benzene rings is 1. The van der Waals surface area contributed by atoms with Crippen LogP contribution in [0.4, 0.5) is 15.9 Å². The minimum Gasteiger partial charge on any atom is -0.493 e. The summed E-state index contributed by atoms with van der Waals surface area (Å²) in [5, 5.41) is 9.13. The van der Waals surface area contributed by atoms with Gasteiger partial charge in [-0.2, -0.15) is 4.31 Å². The molecule has 1 aliphatic rings. The topological polar surface area (TPSA) is 161 Å². The minimum atomic E-state index is -3.42. The Kier molecular flexibility index (Phi) is 8.16. The lowest BCUT2D eigenvalue weighted by Gasteiger charge is -2.52. The van der Waals surface area contributed by atoms with Crippen molar-refractivity contribution in [1.29, 1.82) is 5.41 Å². The Balaban J connectivity index is 1.58. The molecule has 1 aromatic carbocycles. The Hall–Kier alpha value is -3.23. The van der Waals surface area contributed by atoms with E-state index in [1.807, 2.05) is 0 Å². The first-order valence-corrected chi connectivity index (χ1v) is 14.4. The fraction of sp³-hybridized carbons (Fsp3) is 0.320. The van der Waals surface area contributed by atoms with Crippen molar-refractivity contribution in [2.75, 3.05) is 44.1 Å². The molecule has 40 heavy (non-hydrogen) atoms. The van der Waals surface area contributed by atoms with Crippen molar-refractivity contribution in [2.24, 2.45) is 5.73 Å². The van der Waals surface area contributed by atoms with Gasteiger partial charge in [0.15, 0.2) is 29.4 Å². The summed E-state index contributed by atoms with van der Waals surface area (Å²) in [5.74, 6) is -0.225. The van der Waals surface area contributed by atoms with E-state index >= 15 is 4.39 Å². The summed E-state index contributed by atoms with van der Waals surface area (Å²) in [6.45, 7) is 2.30. The Morgan fingerprint density at radius 3 is 2.38 bits per heavy atom. The molecule has 0 bridgehead atoms. The van der Waals surface area contributed by atoms with Gasteiger partial charge in [0.1, 0.15) is 0 Å². The number of methoxy groups -OCH3 is 1. The number of likely N-dealkylation sites (N-methyl/N-ethyl adjacent to an activating group) is 1. The molecule has 1 fully saturated rings. The van der Waals surface area contributed by atoms with Crippen LogP contribution in [0.25, 0.3) is 0 Å². The van der Waals surface area contributed by atoms with Gasteiger partial charge in [0.05, 0.1) is 34.7 Å². The number of pyridine rings is 2. The first-order chi connectivity index (χ1) is 18.7. The van der Waals surface area contributed by atoms with Crippen molar-refractivity contribution < 1.29 is 22.3 Å². The molecular weight excluding hydrogens is 584 g/mol. The zero-order valence-corrected chi connectivity index (χ0v) is 24.4. The molecule has 3 aromatic rings. The van der Waals surface area contributed by atoms with E-state index in [2.05, 4.69) is 9.97 Å². The van der Waals surface area contributed by atoms with Crippen molar-refractivity contribution in [1.82, 2.24) is 14.3 Å². The SMILES string of the molecule is COc1cc(N)c(C(=N)c2cnc(N3CC(C)(N(C)S(C)(=O)=O)C3)c(F)c2)cc1O[C@H](N)c1c(Cl)cncc1Cl. The highest BCUT2D eigenvalue weighted by Crippen LogP contribution is 2.38. The molecule has 2 aromatic heterocycles. The first kappa shape index (κ1) is 29.7. The third-order valence-corrected chi connectivity index (χ3v) is 8.80. The van der Waals surface area contributed by atoms with E-state index in [1.54, 1.807) is 11.8 Å². The van der Waals surface area contributed by atoms with Gasteiger partial charge in [0.25, 0.3) is 0 Å². The number of nitrogen functional groups attached to an aromatic ring is 1. The molecule has 0 amide bonds. The number of ether oxygens (including phenoxy) is 2. The van der Waals surface area contributed by atoms with E-state index in [0.29, 0.717) is 5.56 Å².